The van der Waals surface area contributed by atoms with Gasteiger partial charge in [0.25, 0.3) is 0 Å². The summed E-state index contributed by atoms with van der Waals surface area (Å²) in [6.45, 7) is 3.23. The maximum Gasteiger partial charge on any atom is 0.0686 e. The summed E-state index contributed by atoms with van der Waals surface area (Å²) in [7, 11) is 0. The van der Waals surface area contributed by atoms with Gasteiger partial charge in [0.2, 0.25) is 0 Å². The molecule has 0 aliphatic carbocycles. The van der Waals surface area contributed by atoms with Crippen LogP contribution in [0.4, 0.5) is 0 Å². The quantitative estimate of drug-likeness (QED) is 0.743. The first-order chi connectivity index (χ1) is 10.9. The number of likely N-dealkylation sites (tertiary alicyclic amines) is 1. The van der Waals surface area contributed by atoms with E-state index in [2.05, 4.69) is 56.1 Å². The van der Waals surface area contributed by atoms with Crippen LogP contribution in [-0.4, -0.2) is 32.8 Å². The molecule has 0 amide bonds. The van der Waals surface area contributed by atoms with Crippen molar-refractivity contribution < 1.29 is 0 Å². The average Bonchev–Trinajstić information content (AvgIpc) is 3.00. The van der Waals surface area contributed by atoms with Gasteiger partial charge in [-0.05, 0) is 43.1 Å². The van der Waals surface area contributed by atoms with Crippen LogP contribution in [0.3, 0.4) is 0 Å². The maximum atomic E-state index is 4.64. The zero-order valence-electron chi connectivity index (χ0n) is 12.6. The number of fused-ring (bicyclic) bond motifs is 1. The molecule has 1 saturated heterocycles. The van der Waals surface area contributed by atoms with Gasteiger partial charge in [-0.3, -0.25) is 14.6 Å². The Kier molecular flexibility index (Phi) is 3.60. The summed E-state index contributed by atoms with van der Waals surface area (Å²) in [5, 5.41) is 5.87. The molecule has 0 bridgehead atoms. The van der Waals surface area contributed by atoms with Crippen molar-refractivity contribution in [3.63, 3.8) is 0 Å². The summed E-state index contributed by atoms with van der Waals surface area (Å²) in [5.74, 6) is 0. The Balaban J connectivity index is 1.53. The summed E-state index contributed by atoms with van der Waals surface area (Å²) >= 11 is 0. The van der Waals surface area contributed by atoms with E-state index in [4.69, 9.17) is 0 Å². The highest BCUT2D eigenvalue weighted by atomic mass is 15.3. The van der Waals surface area contributed by atoms with Crippen LogP contribution in [0.1, 0.15) is 24.4 Å². The lowest BCUT2D eigenvalue weighted by Gasteiger charge is -2.33. The van der Waals surface area contributed by atoms with Crippen LogP contribution in [0.2, 0.25) is 0 Å². The zero-order chi connectivity index (χ0) is 14.8. The zero-order valence-corrected chi connectivity index (χ0v) is 12.6. The van der Waals surface area contributed by atoms with Crippen LogP contribution in [0.25, 0.3) is 10.9 Å². The van der Waals surface area contributed by atoms with Crippen LogP contribution in [0.5, 0.6) is 0 Å². The van der Waals surface area contributed by atoms with Crippen LogP contribution < -0.4 is 0 Å². The first-order valence-electron chi connectivity index (χ1n) is 7.94. The smallest absolute Gasteiger partial charge is 0.0686 e. The lowest BCUT2D eigenvalue weighted by atomic mass is 10.0. The number of pyridine rings is 1. The molecule has 1 aliphatic rings. The molecule has 112 valence electrons. The third-order valence-corrected chi connectivity index (χ3v) is 4.49. The Morgan fingerprint density at radius 3 is 2.86 bits per heavy atom. The fourth-order valence-electron chi connectivity index (χ4n) is 3.40. The number of para-hydroxylation sites is 1. The van der Waals surface area contributed by atoms with Gasteiger partial charge in [-0.2, -0.15) is 5.10 Å². The largest absolute Gasteiger partial charge is 0.297 e. The van der Waals surface area contributed by atoms with E-state index in [0.717, 1.165) is 19.6 Å². The fraction of sp³-hybridized carbons (Fsp3) is 0.333. The Labute approximate surface area is 130 Å². The molecule has 4 heteroatoms. The third-order valence-electron chi connectivity index (χ3n) is 4.49. The van der Waals surface area contributed by atoms with E-state index < -0.39 is 0 Å². The minimum absolute atomic E-state index is 0.468. The van der Waals surface area contributed by atoms with Crippen molar-refractivity contribution in [1.29, 1.82) is 0 Å². The van der Waals surface area contributed by atoms with Crippen LogP contribution in [0.15, 0.2) is 55.0 Å². The Hall–Kier alpha value is -2.20. The predicted molar refractivity (Wildman–Crippen MR) is 87.5 cm³/mol. The third kappa shape index (κ3) is 2.62. The standard InChI is InChI=1S/C18H20N4/c1-2-6-18-16(4-1)12-20-22(18)17-5-3-11-21(14-17)13-15-7-9-19-10-8-15/h1-2,4,6-10,12,17H,3,5,11,13-14H2/t17-/m1/s1. The number of aromatic nitrogens is 3. The van der Waals surface area contributed by atoms with Crippen molar-refractivity contribution in [2.24, 2.45) is 0 Å². The molecule has 1 aromatic carbocycles. The SMILES string of the molecule is c1ccc2c(c1)cnn2[C@@H]1CCCN(Cc2ccncc2)C1. The Morgan fingerprint density at radius 1 is 1.09 bits per heavy atom. The maximum absolute atomic E-state index is 4.64. The minimum Gasteiger partial charge on any atom is -0.297 e. The number of piperidine rings is 1. The first kappa shape index (κ1) is 13.5. The fourth-order valence-corrected chi connectivity index (χ4v) is 3.40. The highest BCUT2D eigenvalue weighted by Crippen LogP contribution is 2.26. The van der Waals surface area contributed by atoms with Gasteiger partial charge in [0.1, 0.15) is 0 Å². The summed E-state index contributed by atoms with van der Waals surface area (Å²) < 4.78 is 2.22. The minimum atomic E-state index is 0.468. The van der Waals surface area contributed by atoms with Gasteiger partial charge < -0.3 is 0 Å². The molecule has 22 heavy (non-hydrogen) atoms. The van der Waals surface area contributed by atoms with E-state index in [9.17, 15) is 0 Å². The molecule has 1 atom stereocenters. The van der Waals surface area contributed by atoms with Crippen LogP contribution in [0, 0.1) is 0 Å². The van der Waals surface area contributed by atoms with Gasteiger partial charge in [0, 0.05) is 30.9 Å². The summed E-state index contributed by atoms with van der Waals surface area (Å²) in [5.41, 5.74) is 2.58. The van der Waals surface area contributed by atoms with E-state index in [0.29, 0.717) is 6.04 Å². The first-order valence-corrected chi connectivity index (χ1v) is 7.94. The van der Waals surface area contributed by atoms with Gasteiger partial charge in [-0.15, -0.1) is 0 Å². The highest BCUT2D eigenvalue weighted by molar-refractivity contribution is 5.78. The van der Waals surface area contributed by atoms with Gasteiger partial charge >= 0.3 is 0 Å². The van der Waals surface area contributed by atoms with Crippen molar-refractivity contribution in [1.82, 2.24) is 19.7 Å². The molecule has 0 spiro atoms. The van der Waals surface area contributed by atoms with E-state index in [1.807, 2.05) is 18.6 Å². The average molecular weight is 292 g/mol. The van der Waals surface area contributed by atoms with Gasteiger partial charge in [-0.25, -0.2) is 0 Å². The summed E-state index contributed by atoms with van der Waals surface area (Å²) in [4.78, 5) is 6.62. The lowest BCUT2D eigenvalue weighted by Crippen LogP contribution is -2.36. The van der Waals surface area contributed by atoms with Crippen LogP contribution >= 0.6 is 0 Å². The topological polar surface area (TPSA) is 34.0 Å². The molecule has 1 aliphatic heterocycles. The highest BCUT2D eigenvalue weighted by Gasteiger charge is 2.22. The number of benzene rings is 1. The molecule has 1 fully saturated rings. The molecule has 4 nitrogen and oxygen atoms in total. The monoisotopic (exact) mass is 292 g/mol. The van der Waals surface area contributed by atoms with E-state index in [-0.39, 0.29) is 0 Å². The molecule has 3 heterocycles. The molecule has 2 aromatic heterocycles. The summed E-state index contributed by atoms with van der Waals surface area (Å²) in [6, 6.07) is 13.2. The number of rotatable bonds is 3. The van der Waals surface area contributed by atoms with E-state index in [1.165, 1.54) is 29.3 Å². The predicted octanol–water partition coefficient (Wildman–Crippen LogP) is 3.27. The van der Waals surface area contributed by atoms with Crippen molar-refractivity contribution in [3.8, 4) is 0 Å². The number of hydrogen-bond donors (Lipinski definition) is 0. The van der Waals surface area contributed by atoms with Crippen molar-refractivity contribution in [2.45, 2.75) is 25.4 Å². The molecular formula is C18H20N4. The second-order valence-electron chi connectivity index (χ2n) is 6.03. The van der Waals surface area contributed by atoms with E-state index in [1.54, 1.807) is 0 Å². The van der Waals surface area contributed by atoms with Crippen molar-refractivity contribution in [2.75, 3.05) is 13.1 Å². The Morgan fingerprint density at radius 2 is 1.95 bits per heavy atom. The van der Waals surface area contributed by atoms with Gasteiger partial charge in [0.05, 0.1) is 17.8 Å². The van der Waals surface area contributed by atoms with Crippen molar-refractivity contribution in [3.05, 3.63) is 60.6 Å². The number of hydrogen-bond acceptors (Lipinski definition) is 3. The lowest BCUT2D eigenvalue weighted by molar-refractivity contribution is 0.165. The molecule has 0 saturated carbocycles. The van der Waals surface area contributed by atoms with Gasteiger partial charge in [-0.1, -0.05) is 18.2 Å². The second-order valence-corrected chi connectivity index (χ2v) is 6.03. The summed E-state index contributed by atoms with van der Waals surface area (Å²) in [6.07, 6.45) is 8.16. The van der Waals surface area contributed by atoms with E-state index >= 15 is 0 Å². The molecule has 3 aromatic rings. The molecule has 0 N–H and O–H groups in total. The number of nitrogens with zero attached hydrogens (tertiary/aromatic N) is 4. The molecular weight excluding hydrogens is 272 g/mol. The Bertz CT molecular complexity index is 750. The normalized spacial score (nSPS) is 19.5. The molecule has 0 radical (unpaired) electrons. The van der Waals surface area contributed by atoms with Crippen molar-refractivity contribution >= 4 is 10.9 Å². The second kappa shape index (κ2) is 5.89. The van der Waals surface area contributed by atoms with Crippen LogP contribution in [-0.2, 0) is 6.54 Å². The molecule has 0 unspecified atom stereocenters. The molecule has 4 rings (SSSR count). The van der Waals surface area contributed by atoms with Gasteiger partial charge in [0.15, 0.2) is 0 Å².